The largest absolute Gasteiger partial charge is 0.507 e. The van der Waals surface area contributed by atoms with E-state index in [9.17, 15) is 5.11 Å². The van der Waals surface area contributed by atoms with Gasteiger partial charge in [-0.05, 0) is 32.4 Å². The Hall–Kier alpha value is -1.42. The van der Waals surface area contributed by atoms with E-state index in [1.165, 1.54) is 0 Å². The van der Waals surface area contributed by atoms with Gasteiger partial charge in [0, 0.05) is 17.2 Å². The SMILES string of the molecule is CC1(c2cc3c(cc2O)OCCO3)CCCN1. The molecule has 0 aromatic heterocycles. The van der Waals surface area contributed by atoms with Crippen LogP contribution in [0.4, 0.5) is 0 Å². The molecule has 1 atom stereocenters. The van der Waals surface area contributed by atoms with Crippen LogP contribution in [0.2, 0.25) is 0 Å². The van der Waals surface area contributed by atoms with Crippen molar-refractivity contribution in [3.63, 3.8) is 0 Å². The molecular formula is C13H17NO3. The number of hydrogen-bond donors (Lipinski definition) is 2. The zero-order valence-corrected chi connectivity index (χ0v) is 9.95. The van der Waals surface area contributed by atoms with Crippen molar-refractivity contribution < 1.29 is 14.6 Å². The first kappa shape index (κ1) is 10.7. The van der Waals surface area contributed by atoms with E-state index in [1.807, 2.05) is 6.07 Å². The molecule has 2 aliphatic rings. The minimum Gasteiger partial charge on any atom is -0.507 e. The molecule has 4 heteroatoms. The van der Waals surface area contributed by atoms with Gasteiger partial charge in [-0.15, -0.1) is 0 Å². The summed E-state index contributed by atoms with van der Waals surface area (Å²) in [7, 11) is 0. The van der Waals surface area contributed by atoms with Gasteiger partial charge in [-0.3, -0.25) is 0 Å². The molecule has 0 amide bonds. The lowest BCUT2D eigenvalue weighted by atomic mass is 9.89. The van der Waals surface area contributed by atoms with Crippen molar-refractivity contribution in [2.75, 3.05) is 19.8 Å². The number of hydrogen-bond acceptors (Lipinski definition) is 4. The molecule has 2 N–H and O–H groups in total. The maximum Gasteiger partial charge on any atom is 0.165 e. The van der Waals surface area contributed by atoms with Gasteiger partial charge in [0.15, 0.2) is 11.5 Å². The number of nitrogens with one attached hydrogen (secondary N) is 1. The molecule has 1 aromatic carbocycles. The van der Waals surface area contributed by atoms with Gasteiger partial charge >= 0.3 is 0 Å². The van der Waals surface area contributed by atoms with E-state index in [0.29, 0.717) is 19.0 Å². The number of phenolic OH excluding ortho intramolecular Hbond substituents is 1. The highest BCUT2D eigenvalue weighted by Gasteiger charge is 2.33. The third-order valence-corrected chi connectivity index (χ3v) is 3.62. The number of fused-ring (bicyclic) bond motifs is 1. The molecule has 2 heterocycles. The second-order valence-corrected chi connectivity index (χ2v) is 4.88. The number of aromatic hydroxyl groups is 1. The Labute approximate surface area is 101 Å². The highest BCUT2D eigenvalue weighted by atomic mass is 16.6. The quantitative estimate of drug-likeness (QED) is 0.778. The number of ether oxygens (including phenoxy) is 2. The molecule has 4 nitrogen and oxygen atoms in total. The molecule has 0 bridgehead atoms. The molecule has 2 aliphatic heterocycles. The lowest BCUT2D eigenvalue weighted by molar-refractivity contribution is 0.170. The molecule has 1 saturated heterocycles. The summed E-state index contributed by atoms with van der Waals surface area (Å²) in [5.41, 5.74) is 0.749. The lowest BCUT2D eigenvalue weighted by Gasteiger charge is -2.28. The van der Waals surface area contributed by atoms with Crippen LogP contribution in [0.5, 0.6) is 17.2 Å². The van der Waals surface area contributed by atoms with Gasteiger partial charge in [0.25, 0.3) is 0 Å². The van der Waals surface area contributed by atoms with Crippen LogP contribution in [0.3, 0.4) is 0 Å². The Morgan fingerprint density at radius 1 is 1.24 bits per heavy atom. The molecule has 0 spiro atoms. The molecule has 0 aliphatic carbocycles. The van der Waals surface area contributed by atoms with Crippen LogP contribution in [0.25, 0.3) is 0 Å². The molecule has 0 saturated carbocycles. The smallest absolute Gasteiger partial charge is 0.165 e. The van der Waals surface area contributed by atoms with Gasteiger partial charge in [-0.25, -0.2) is 0 Å². The third kappa shape index (κ3) is 1.72. The highest BCUT2D eigenvalue weighted by molar-refractivity contribution is 5.53. The van der Waals surface area contributed by atoms with E-state index < -0.39 is 0 Å². The number of rotatable bonds is 1. The summed E-state index contributed by atoms with van der Waals surface area (Å²) in [5.74, 6) is 1.66. The van der Waals surface area contributed by atoms with Gasteiger partial charge in [0.1, 0.15) is 19.0 Å². The second kappa shape index (κ2) is 3.81. The van der Waals surface area contributed by atoms with Crippen LogP contribution in [0.15, 0.2) is 12.1 Å². The lowest BCUT2D eigenvalue weighted by Crippen LogP contribution is -2.33. The van der Waals surface area contributed by atoms with Crippen LogP contribution in [-0.4, -0.2) is 24.9 Å². The average molecular weight is 235 g/mol. The van der Waals surface area contributed by atoms with Crippen molar-refractivity contribution in [2.24, 2.45) is 0 Å². The number of benzene rings is 1. The van der Waals surface area contributed by atoms with Crippen molar-refractivity contribution in [1.29, 1.82) is 0 Å². The monoisotopic (exact) mass is 235 g/mol. The van der Waals surface area contributed by atoms with Crippen molar-refractivity contribution in [2.45, 2.75) is 25.3 Å². The van der Waals surface area contributed by atoms with Gasteiger partial charge in [-0.1, -0.05) is 0 Å². The van der Waals surface area contributed by atoms with E-state index in [1.54, 1.807) is 6.07 Å². The Bertz CT molecular complexity index is 439. The highest BCUT2D eigenvalue weighted by Crippen LogP contribution is 2.43. The molecule has 1 aromatic rings. The van der Waals surface area contributed by atoms with Gasteiger partial charge in [0.05, 0.1) is 0 Å². The standard InChI is InChI=1S/C13H17NO3/c1-13(3-2-4-14-13)9-7-11-12(8-10(9)15)17-6-5-16-11/h7-8,14-15H,2-6H2,1H3. The zero-order valence-electron chi connectivity index (χ0n) is 9.95. The van der Waals surface area contributed by atoms with Gasteiger partial charge in [0.2, 0.25) is 0 Å². The predicted octanol–water partition coefficient (Wildman–Crippen LogP) is 1.76. The van der Waals surface area contributed by atoms with Crippen LogP contribution in [0.1, 0.15) is 25.3 Å². The second-order valence-electron chi connectivity index (χ2n) is 4.88. The van der Waals surface area contributed by atoms with Crippen LogP contribution >= 0.6 is 0 Å². The maximum atomic E-state index is 10.1. The molecule has 17 heavy (non-hydrogen) atoms. The predicted molar refractivity (Wildman–Crippen MR) is 63.7 cm³/mol. The van der Waals surface area contributed by atoms with E-state index in [-0.39, 0.29) is 11.3 Å². The van der Waals surface area contributed by atoms with Crippen LogP contribution in [-0.2, 0) is 5.54 Å². The fourth-order valence-electron chi connectivity index (χ4n) is 2.64. The first-order valence-corrected chi connectivity index (χ1v) is 6.07. The molecule has 1 fully saturated rings. The van der Waals surface area contributed by atoms with Crippen molar-refractivity contribution in [1.82, 2.24) is 5.32 Å². The summed E-state index contributed by atoms with van der Waals surface area (Å²) in [5, 5.41) is 13.6. The summed E-state index contributed by atoms with van der Waals surface area (Å²) in [6.45, 7) is 4.22. The van der Waals surface area contributed by atoms with Gasteiger partial charge < -0.3 is 19.9 Å². The topological polar surface area (TPSA) is 50.7 Å². The van der Waals surface area contributed by atoms with Crippen LogP contribution in [0, 0.1) is 0 Å². The fourth-order valence-corrected chi connectivity index (χ4v) is 2.64. The summed E-state index contributed by atoms with van der Waals surface area (Å²) in [6, 6.07) is 3.57. The van der Waals surface area contributed by atoms with Crippen LogP contribution < -0.4 is 14.8 Å². The summed E-state index contributed by atoms with van der Waals surface area (Å²) in [4.78, 5) is 0. The van der Waals surface area contributed by atoms with E-state index in [2.05, 4.69) is 12.2 Å². The Morgan fingerprint density at radius 3 is 2.59 bits per heavy atom. The molecule has 92 valence electrons. The first-order valence-electron chi connectivity index (χ1n) is 6.07. The van der Waals surface area contributed by atoms with Crippen molar-refractivity contribution in [3.05, 3.63) is 17.7 Å². The first-order chi connectivity index (χ1) is 8.19. The molecule has 0 radical (unpaired) electrons. The Balaban J connectivity index is 2.04. The van der Waals surface area contributed by atoms with Crippen molar-refractivity contribution >= 4 is 0 Å². The average Bonchev–Trinajstić information content (AvgIpc) is 2.76. The normalized spacial score (nSPS) is 27.1. The Kier molecular flexibility index (Phi) is 2.40. The van der Waals surface area contributed by atoms with Crippen molar-refractivity contribution in [3.8, 4) is 17.2 Å². The number of phenols is 1. The zero-order chi connectivity index (χ0) is 11.9. The summed E-state index contributed by atoms with van der Waals surface area (Å²) < 4.78 is 11.0. The van der Waals surface area contributed by atoms with E-state index in [0.717, 1.165) is 30.7 Å². The van der Waals surface area contributed by atoms with Gasteiger partial charge in [-0.2, -0.15) is 0 Å². The third-order valence-electron chi connectivity index (χ3n) is 3.62. The molecule has 1 unspecified atom stereocenters. The van der Waals surface area contributed by atoms with E-state index in [4.69, 9.17) is 9.47 Å². The minimum atomic E-state index is -0.153. The molecular weight excluding hydrogens is 218 g/mol. The molecule has 3 rings (SSSR count). The summed E-state index contributed by atoms with van der Waals surface area (Å²) in [6.07, 6.45) is 2.16. The minimum absolute atomic E-state index is 0.153. The Morgan fingerprint density at radius 2 is 1.94 bits per heavy atom. The fraction of sp³-hybridized carbons (Fsp3) is 0.538. The maximum absolute atomic E-state index is 10.1. The van der Waals surface area contributed by atoms with E-state index >= 15 is 0 Å². The summed E-state index contributed by atoms with van der Waals surface area (Å²) >= 11 is 0.